The molecule has 10 heteroatoms. The summed E-state index contributed by atoms with van der Waals surface area (Å²) in [5, 5.41) is 11.8. The van der Waals surface area contributed by atoms with Crippen LogP contribution >= 0.6 is 0 Å². The van der Waals surface area contributed by atoms with Gasteiger partial charge in [0.05, 0.1) is 11.2 Å². The second-order valence-electron chi connectivity index (χ2n) is 8.15. The Morgan fingerprint density at radius 1 is 1.18 bits per heavy atom. The smallest absolute Gasteiger partial charge is 0.321 e. The summed E-state index contributed by atoms with van der Waals surface area (Å²) in [5.41, 5.74) is 3.96. The van der Waals surface area contributed by atoms with E-state index in [1.807, 2.05) is 42.5 Å². The number of fused-ring (bicyclic) bond motifs is 1. The van der Waals surface area contributed by atoms with Gasteiger partial charge in [0.15, 0.2) is 0 Å². The second-order valence-corrected chi connectivity index (χ2v) is 8.15. The zero-order chi connectivity index (χ0) is 24.1. The zero-order valence-corrected chi connectivity index (χ0v) is 20.0. The first-order chi connectivity index (χ1) is 16.5. The number of nitrogens with zero attached hydrogens (tertiary/aromatic N) is 5. The van der Waals surface area contributed by atoms with E-state index in [9.17, 15) is 9.59 Å². The van der Waals surface area contributed by atoms with Crippen molar-refractivity contribution in [3.8, 4) is 11.1 Å². The average Bonchev–Trinajstić information content (AvgIpc) is 3.50. The number of amides is 2. The lowest BCUT2D eigenvalue weighted by molar-refractivity contribution is 0.252. The third kappa shape index (κ3) is 5.12. The first-order valence-corrected chi connectivity index (χ1v) is 11.8. The Kier molecular flexibility index (Phi) is 7.27. The molecule has 0 spiro atoms. The van der Waals surface area contributed by atoms with E-state index in [1.54, 1.807) is 10.6 Å². The van der Waals surface area contributed by atoms with Crippen LogP contribution < -0.4 is 21.2 Å². The molecule has 2 amide bonds. The van der Waals surface area contributed by atoms with Gasteiger partial charge in [-0.05, 0) is 49.3 Å². The van der Waals surface area contributed by atoms with Crippen molar-refractivity contribution in [2.75, 3.05) is 43.0 Å². The standard InChI is InChI=1S/C24H32N8O2/c1-4-25-24(34)29-23-27-19-14-18(15-20(22(19)28-23)32-10-7-9-26-32)17-8-11-31(21(33)16-17)13-12-30(5-2)6-3/h8-9,11,14-16H,4-7,10,12-13H2,1-3H3,(H3,25,27,28,29,34). The van der Waals surface area contributed by atoms with Gasteiger partial charge in [-0.15, -0.1) is 0 Å². The van der Waals surface area contributed by atoms with Crippen LogP contribution in [0.5, 0.6) is 0 Å². The monoisotopic (exact) mass is 464 g/mol. The molecule has 0 fully saturated rings. The van der Waals surface area contributed by atoms with Crippen molar-refractivity contribution < 1.29 is 4.79 Å². The number of carbonyl (C=O) groups is 1. The molecule has 0 aliphatic carbocycles. The molecular formula is C24H32N8O2. The maximum atomic E-state index is 12.8. The normalized spacial score (nSPS) is 13.2. The maximum absolute atomic E-state index is 12.8. The van der Waals surface area contributed by atoms with Crippen LogP contribution in [-0.4, -0.2) is 64.4 Å². The van der Waals surface area contributed by atoms with Crippen molar-refractivity contribution in [1.82, 2.24) is 24.8 Å². The second kappa shape index (κ2) is 10.5. The molecule has 1 aliphatic rings. The van der Waals surface area contributed by atoms with E-state index >= 15 is 0 Å². The van der Waals surface area contributed by atoms with E-state index < -0.39 is 0 Å². The van der Waals surface area contributed by atoms with Crippen molar-refractivity contribution in [3.63, 3.8) is 0 Å². The molecule has 3 heterocycles. The molecule has 0 unspecified atom stereocenters. The summed E-state index contributed by atoms with van der Waals surface area (Å²) >= 11 is 0. The Hall–Kier alpha value is -3.66. The van der Waals surface area contributed by atoms with Crippen molar-refractivity contribution in [2.45, 2.75) is 33.7 Å². The molecule has 2 aromatic heterocycles. The minimum atomic E-state index is -0.323. The van der Waals surface area contributed by atoms with Crippen LogP contribution in [0.2, 0.25) is 0 Å². The van der Waals surface area contributed by atoms with E-state index in [1.165, 1.54) is 0 Å². The number of imidazole rings is 1. The van der Waals surface area contributed by atoms with E-state index in [2.05, 4.69) is 44.5 Å². The van der Waals surface area contributed by atoms with Crippen LogP contribution in [0.1, 0.15) is 27.2 Å². The van der Waals surface area contributed by atoms with Gasteiger partial charge in [-0.25, -0.2) is 9.78 Å². The van der Waals surface area contributed by atoms with Crippen LogP contribution in [-0.2, 0) is 6.54 Å². The minimum absolute atomic E-state index is 0.0336. The Morgan fingerprint density at radius 3 is 2.68 bits per heavy atom. The van der Waals surface area contributed by atoms with Gasteiger partial charge in [0.2, 0.25) is 5.95 Å². The molecular weight excluding hydrogens is 432 g/mol. The Balaban J connectivity index is 1.68. The summed E-state index contributed by atoms with van der Waals surface area (Å²) in [7, 11) is 0. The Bertz CT molecular complexity index is 1240. The SMILES string of the molecule is CCNC(=O)Nc1nc2c(N3CCC=N3)cc(-c3ccn(CCN(CC)CC)c(=O)c3)cc2[nH]1. The number of hydrogen-bond donors (Lipinski definition) is 3. The van der Waals surface area contributed by atoms with E-state index in [4.69, 9.17) is 0 Å². The number of aromatic nitrogens is 3. The molecule has 0 saturated heterocycles. The molecule has 4 rings (SSSR count). The number of aromatic amines is 1. The van der Waals surface area contributed by atoms with Crippen LogP contribution in [0.15, 0.2) is 40.4 Å². The lowest BCUT2D eigenvalue weighted by Crippen LogP contribution is -2.30. The van der Waals surface area contributed by atoms with E-state index in [0.717, 1.165) is 54.9 Å². The number of benzene rings is 1. The summed E-state index contributed by atoms with van der Waals surface area (Å²) in [6.45, 7) is 10.8. The molecule has 180 valence electrons. The van der Waals surface area contributed by atoms with Crippen LogP contribution in [0.3, 0.4) is 0 Å². The quantitative estimate of drug-likeness (QED) is 0.451. The molecule has 0 bridgehead atoms. The third-order valence-electron chi connectivity index (χ3n) is 5.99. The minimum Gasteiger partial charge on any atom is -0.338 e. The number of rotatable bonds is 9. The molecule has 1 aromatic carbocycles. The highest BCUT2D eigenvalue weighted by atomic mass is 16.2. The lowest BCUT2D eigenvalue weighted by atomic mass is 10.0. The molecule has 3 aromatic rings. The van der Waals surface area contributed by atoms with Gasteiger partial charge in [0.1, 0.15) is 5.52 Å². The van der Waals surface area contributed by atoms with Crippen molar-refractivity contribution >= 4 is 34.9 Å². The van der Waals surface area contributed by atoms with Crippen LogP contribution in [0.25, 0.3) is 22.2 Å². The summed E-state index contributed by atoms with van der Waals surface area (Å²) < 4.78 is 1.75. The van der Waals surface area contributed by atoms with Gasteiger partial charge in [0, 0.05) is 51.1 Å². The third-order valence-corrected chi connectivity index (χ3v) is 5.99. The summed E-state index contributed by atoms with van der Waals surface area (Å²) in [4.78, 5) is 34.9. The average molecular weight is 465 g/mol. The molecule has 10 nitrogen and oxygen atoms in total. The summed E-state index contributed by atoms with van der Waals surface area (Å²) in [6, 6.07) is 7.26. The molecule has 3 N–H and O–H groups in total. The summed E-state index contributed by atoms with van der Waals surface area (Å²) in [5.74, 6) is 0.356. The van der Waals surface area contributed by atoms with Gasteiger partial charge in [0.25, 0.3) is 5.56 Å². The number of nitrogens with one attached hydrogen (secondary N) is 3. The number of pyridine rings is 1. The zero-order valence-electron chi connectivity index (χ0n) is 20.0. The predicted octanol–water partition coefficient (Wildman–Crippen LogP) is 3.07. The van der Waals surface area contributed by atoms with Crippen molar-refractivity contribution in [1.29, 1.82) is 0 Å². The largest absolute Gasteiger partial charge is 0.338 e. The first kappa shape index (κ1) is 23.5. The number of carbonyl (C=O) groups excluding carboxylic acids is 1. The van der Waals surface area contributed by atoms with Crippen LogP contribution in [0.4, 0.5) is 16.4 Å². The summed E-state index contributed by atoms with van der Waals surface area (Å²) in [6.07, 6.45) is 4.58. The molecule has 0 atom stereocenters. The number of urea groups is 1. The number of likely N-dealkylation sites (N-methyl/N-ethyl adjacent to an activating group) is 1. The van der Waals surface area contributed by atoms with Crippen LogP contribution in [0, 0.1) is 0 Å². The molecule has 1 aliphatic heterocycles. The number of hydrazone groups is 1. The topological polar surface area (TPSA) is 111 Å². The Morgan fingerprint density at radius 2 is 2.00 bits per heavy atom. The van der Waals surface area contributed by atoms with Gasteiger partial charge < -0.3 is 19.8 Å². The fourth-order valence-electron chi connectivity index (χ4n) is 4.07. The fourth-order valence-corrected chi connectivity index (χ4v) is 4.07. The predicted molar refractivity (Wildman–Crippen MR) is 137 cm³/mol. The van der Waals surface area contributed by atoms with Crippen molar-refractivity contribution in [3.05, 3.63) is 40.8 Å². The van der Waals surface area contributed by atoms with Gasteiger partial charge >= 0.3 is 6.03 Å². The van der Waals surface area contributed by atoms with Gasteiger partial charge in [-0.1, -0.05) is 13.8 Å². The van der Waals surface area contributed by atoms with Crippen molar-refractivity contribution in [2.24, 2.45) is 5.10 Å². The fraction of sp³-hybridized carbons (Fsp3) is 0.417. The van der Waals surface area contributed by atoms with E-state index in [0.29, 0.717) is 24.6 Å². The highest BCUT2D eigenvalue weighted by molar-refractivity contribution is 5.97. The number of H-pyrrole nitrogens is 1. The van der Waals surface area contributed by atoms with Gasteiger partial charge in [-0.3, -0.25) is 15.1 Å². The van der Waals surface area contributed by atoms with Gasteiger partial charge in [-0.2, -0.15) is 5.10 Å². The number of anilines is 2. The highest BCUT2D eigenvalue weighted by Gasteiger charge is 2.18. The lowest BCUT2D eigenvalue weighted by Gasteiger charge is -2.18. The first-order valence-electron chi connectivity index (χ1n) is 11.8. The van der Waals surface area contributed by atoms with E-state index in [-0.39, 0.29) is 11.6 Å². The number of hydrogen-bond acceptors (Lipinski definition) is 6. The highest BCUT2D eigenvalue weighted by Crippen LogP contribution is 2.33. The molecule has 34 heavy (non-hydrogen) atoms. The molecule has 0 radical (unpaired) electrons. The Labute approximate surface area is 198 Å². The molecule has 0 saturated carbocycles. The maximum Gasteiger partial charge on any atom is 0.321 e.